The molecule has 2 aliphatic rings. The number of piperidine rings is 1. The second-order valence-corrected chi connectivity index (χ2v) is 4.99. The zero-order valence-corrected chi connectivity index (χ0v) is 10.5. The molecule has 4 heteroatoms. The minimum Gasteiger partial charge on any atom is -0.356 e. The Morgan fingerprint density at radius 3 is 2.76 bits per heavy atom. The van der Waals surface area contributed by atoms with Crippen LogP contribution >= 0.6 is 0 Å². The maximum atomic E-state index is 4.68. The highest BCUT2D eigenvalue weighted by molar-refractivity contribution is 5.50. The lowest BCUT2D eigenvalue weighted by Crippen LogP contribution is -2.34. The summed E-state index contributed by atoms with van der Waals surface area (Å²) in [4.78, 5) is 11.7. The third-order valence-corrected chi connectivity index (χ3v) is 3.68. The van der Waals surface area contributed by atoms with Crippen molar-refractivity contribution in [2.24, 2.45) is 0 Å². The quantitative estimate of drug-likeness (QED) is 0.795. The molecule has 4 nitrogen and oxygen atoms in total. The molecule has 3 heterocycles. The van der Waals surface area contributed by atoms with Gasteiger partial charge in [0.1, 0.15) is 11.6 Å². The third kappa shape index (κ3) is 2.14. The lowest BCUT2D eigenvalue weighted by atomic mass is 10.1. The van der Waals surface area contributed by atoms with E-state index < -0.39 is 0 Å². The second-order valence-electron chi connectivity index (χ2n) is 4.99. The Kier molecular flexibility index (Phi) is 2.97. The molecule has 0 amide bonds. The van der Waals surface area contributed by atoms with Crippen molar-refractivity contribution in [1.29, 1.82) is 0 Å². The minimum absolute atomic E-state index is 0.922. The highest BCUT2D eigenvalue weighted by Gasteiger charge is 2.21. The smallest absolute Gasteiger partial charge is 0.137 e. The number of nitrogens with one attached hydrogen (secondary N) is 1. The number of hydrogen-bond donors (Lipinski definition) is 1. The van der Waals surface area contributed by atoms with Gasteiger partial charge in [0.05, 0.1) is 5.69 Å². The molecule has 2 aliphatic heterocycles. The molecular formula is C13H20N4. The van der Waals surface area contributed by atoms with E-state index in [0.29, 0.717) is 0 Å². The Bertz CT molecular complexity index is 410. The predicted octanol–water partition coefficient (Wildman–Crippen LogP) is 1.42. The summed E-state index contributed by atoms with van der Waals surface area (Å²) in [5.74, 6) is 2.12. The van der Waals surface area contributed by atoms with E-state index >= 15 is 0 Å². The molecule has 1 saturated heterocycles. The van der Waals surface area contributed by atoms with Crippen molar-refractivity contribution in [3.8, 4) is 0 Å². The summed E-state index contributed by atoms with van der Waals surface area (Å²) in [5.41, 5.74) is 2.60. The lowest BCUT2D eigenvalue weighted by Gasteiger charge is -2.31. The zero-order chi connectivity index (χ0) is 11.7. The molecule has 0 aliphatic carbocycles. The standard InChI is InChI=1S/C13H20N4/c1-10-15-12-5-6-14-9-11(12)13(16-10)17-7-3-2-4-8-17/h14H,2-9H2,1H3. The number of anilines is 1. The van der Waals surface area contributed by atoms with Gasteiger partial charge in [-0.3, -0.25) is 0 Å². The van der Waals surface area contributed by atoms with E-state index in [-0.39, 0.29) is 0 Å². The number of aromatic nitrogens is 2. The first-order valence-corrected chi connectivity index (χ1v) is 6.66. The third-order valence-electron chi connectivity index (χ3n) is 3.68. The summed E-state index contributed by atoms with van der Waals surface area (Å²) in [6.07, 6.45) is 5.00. The van der Waals surface area contributed by atoms with Gasteiger partial charge < -0.3 is 10.2 Å². The van der Waals surface area contributed by atoms with Crippen molar-refractivity contribution in [3.05, 3.63) is 17.1 Å². The largest absolute Gasteiger partial charge is 0.356 e. The predicted molar refractivity (Wildman–Crippen MR) is 68.2 cm³/mol. The van der Waals surface area contributed by atoms with Crippen molar-refractivity contribution in [2.45, 2.75) is 39.2 Å². The Morgan fingerprint density at radius 1 is 1.12 bits per heavy atom. The summed E-state index contributed by atoms with van der Waals surface area (Å²) < 4.78 is 0. The maximum Gasteiger partial charge on any atom is 0.137 e. The first-order valence-electron chi connectivity index (χ1n) is 6.66. The first kappa shape index (κ1) is 11.0. The van der Waals surface area contributed by atoms with Gasteiger partial charge in [-0.1, -0.05) is 0 Å². The molecule has 1 N–H and O–H groups in total. The summed E-state index contributed by atoms with van der Waals surface area (Å²) >= 11 is 0. The van der Waals surface area contributed by atoms with Gasteiger partial charge in [0.25, 0.3) is 0 Å². The van der Waals surface area contributed by atoms with Crippen LogP contribution in [0.5, 0.6) is 0 Å². The molecule has 1 aromatic heterocycles. The van der Waals surface area contributed by atoms with E-state index in [9.17, 15) is 0 Å². The summed E-state index contributed by atoms with van der Waals surface area (Å²) in [6.45, 7) is 6.30. The molecule has 0 unspecified atom stereocenters. The second kappa shape index (κ2) is 4.61. The average Bonchev–Trinajstić information content (AvgIpc) is 2.39. The molecule has 92 valence electrons. The van der Waals surface area contributed by atoms with Crippen LogP contribution in [0, 0.1) is 6.92 Å². The van der Waals surface area contributed by atoms with Crippen LogP contribution in [-0.2, 0) is 13.0 Å². The Balaban J connectivity index is 1.98. The van der Waals surface area contributed by atoms with Crippen LogP contribution in [0.15, 0.2) is 0 Å². The van der Waals surface area contributed by atoms with Crippen LogP contribution in [0.1, 0.15) is 36.3 Å². The highest BCUT2D eigenvalue weighted by Crippen LogP contribution is 2.25. The number of rotatable bonds is 1. The molecule has 0 aromatic carbocycles. The lowest BCUT2D eigenvalue weighted by molar-refractivity contribution is 0.560. The fraction of sp³-hybridized carbons (Fsp3) is 0.692. The number of nitrogens with zero attached hydrogens (tertiary/aromatic N) is 3. The number of fused-ring (bicyclic) bond motifs is 1. The number of hydrogen-bond acceptors (Lipinski definition) is 4. The van der Waals surface area contributed by atoms with Crippen LogP contribution in [0.4, 0.5) is 5.82 Å². The van der Waals surface area contributed by atoms with Crippen LogP contribution in [0.3, 0.4) is 0 Å². The topological polar surface area (TPSA) is 41.1 Å². The SMILES string of the molecule is Cc1nc2c(c(N3CCCCC3)n1)CNCC2. The molecule has 0 saturated carbocycles. The van der Waals surface area contributed by atoms with Crippen LogP contribution < -0.4 is 10.2 Å². The van der Waals surface area contributed by atoms with E-state index in [4.69, 9.17) is 0 Å². The molecular weight excluding hydrogens is 212 g/mol. The van der Waals surface area contributed by atoms with Gasteiger partial charge in [-0.15, -0.1) is 0 Å². The van der Waals surface area contributed by atoms with Gasteiger partial charge >= 0.3 is 0 Å². The minimum atomic E-state index is 0.922. The Hall–Kier alpha value is -1.16. The van der Waals surface area contributed by atoms with Gasteiger partial charge in [-0.05, 0) is 26.2 Å². The maximum absolute atomic E-state index is 4.68. The Morgan fingerprint density at radius 2 is 1.94 bits per heavy atom. The number of aryl methyl sites for hydroxylation is 1. The molecule has 0 radical (unpaired) electrons. The zero-order valence-electron chi connectivity index (χ0n) is 10.5. The van der Waals surface area contributed by atoms with Gasteiger partial charge in [0, 0.05) is 38.2 Å². The summed E-state index contributed by atoms with van der Waals surface area (Å²) in [5, 5.41) is 3.43. The van der Waals surface area contributed by atoms with Gasteiger partial charge in [-0.25, -0.2) is 9.97 Å². The normalized spacial score (nSPS) is 20.2. The van der Waals surface area contributed by atoms with E-state index in [2.05, 4.69) is 20.2 Å². The van der Waals surface area contributed by atoms with Crippen molar-refractivity contribution in [1.82, 2.24) is 15.3 Å². The molecule has 0 atom stereocenters. The van der Waals surface area contributed by atoms with E-state index in [0.717, 1.165) is 38.4 Å². The van der Waals surface area contributed by atoms with Crippen molar-refractivity contribution in [3.63, 3.8) is 0 Å². The van der Waals surface area contributed by atoms with E-state index in [1.165, 1.54) is 36.3 Å². The Labute approximate surface area is 102 Å². The fourth-order valence-electron chi connectivity index (χ4n) is 2.81. The van der Waals surface area contributed by atoms with E-state index in [1.807, 2.05) is 6.92 Å². The van der Waals surface area contributed by atoms with Crippen LogP contribution in [0.2, 0.25) is 0 Å². The van der Waals surface area contributed by atoms with Gasteiger partial charge in [0.2, 0.25) is 0 Å². The van der Waals surface area contributed by atoms with Crippen molar-refractivity contribution in [2.75, 3.05) is 24.5 Å². The van der Waals surface area contributed by atoms with Crippen molar-refractivity contribution >= 4 is 5.82 Å². The molecule has 3 rings (SSSR count). The fourth-order valence-corrected chi connectivity index (χ4v) is 2.81. The summed E-state index contributed by atoms with van der Waals surface area (Å²) in [7, 11) is 0. The average molecular weight is 232 g/mol. The van der Waals surface area contributed by atoms with Crippen LogP contribution in [0.25, 0.3) is 0 Å². The van der Waals surface area contributed by atoms with Gasteiger partial charge in [-0.2, -0.15) is 0 Å². The van der Waals surface area contributed by atoms with Crippen molar-refractivity contribution < 1.29 is 0 Å². The van der Waals surface area contributed by atoms with Crippen LogP contribution in [-0.4, -0.2) is 29.6 Å². The monoisotopic (exact) mass is 232 g/mol. The molecule has 0 bridgehead atoms. The summed E-state index contributed by atoms with van der Waals surface area (Å²) in [6, 6.07) is 0. The van der Waals surface area contributed by atoms with E-state index in [1.54, 1.807) is 0 Å². The first-order chi connectivity index (χ1) is 8.34. The molecule has 1 aromatic rings. The molecule has 0 spiro atoms. The highest BCUT2D eigenvalue weighted by atomic mass is 15.2. The molecule has 1 fully saturated rings. The van der Waals surface area contributed by atoms with Gasteiger partial charge in [0.15, 0.2) is 0 Å². The molecule has 17 heavy (non-hydrogen) atoms.